The number of hydrogen-bond acceptors (Lipinski definition) is 5. The summed E-state index contributed by atoms with van der Waals surface area (Å²) in [5.74, 6) is -0.565. The van der Waals surface area contributed by atoms with Gasteiger partial charge in [-0.3, -0.25) is 4.79 Å². The molecule has 0 spiro atoms. The average molecular weight is 506 g/mol. The molecular weight excluding hydrogens is 488 g/mol. The van der Waals surface area contributed by atoms with E-state index in [0.29, 0.717) is 45.1 Å². The Hall–Kier alpha value is -3.10. The van der Waals surface area contributed by atoms with Crippen LogP contribution in [0.5, 0.6) is 11.5 Å². The molecule has 1 aliphatic heterocycles. The minimum absolute atomic E-state index is 0.0788. The standard InChI is InChI=1S/C22H18BrClN2O5/c1-4-7-31-20-17(23)9-13(10-19(20)30-3)8-15-12(2)25-26(21(15)27)14-5-6-18(24)16(11-14)22(28)29/h4-6,8-11H,1,7H2,2-3H3,(H,28,29)/b15-8-. The number of carbonyl (C=O) groups excluding carboxylic acids is 1. The number of methoxy groups -OCH3 is 1. The second kappa shape index (κ2) is 9.36. The lowest BCUT2D eigenvalue weighted by Crippen LogP contribution is -2.21. The van der Waals surface area contributed by atoms with Gasteiger partial charge in [-0.15, -0.1) is 0 Å². The largest absolute Gasteiger partial charge is 0.493 e. The van der Waals surface area contributed by atoms with E-state index in [2.05, 4.69) is 27.6 Å². The summed E-state index contributed by atoms with van der Waals surface area (Å²) in [7, 11) is 1.52. The number of nitrogens with zero attached hydrogens (tertiary/aromatic N) is 2. The molecular formula is C22H18BrClN2O5. The van der Waals surface area contributed by atoms with Gasteiger partial charge in [0.25, 0.3) is 5.91 Å². The van der Waals surface area contributed by atoms with Crippen molar-refractivity contribution < 1.29 is 24.2 Å². The normalized spacial score (nSPS) is 14.6. The van der Waals surface area contributed by atoms with Gasteiger partial charge in [-0.25, -0.2) is 4.79 Å². The van der Waals surface area contributed by atoms with Gasteiger partial charge in [-0.1, -0.05) is 24.3 Å². The van der Waals surface area contributed by atoms with Crippen molar-refractivity contribution in [2.45, 2.75) is 6.92 Å². The van der Waals surface area contributed by atoms with Crippen molar-refractivity contribution in [3.8, 4) is 11.5 Å². The highest BCUT2D eigenvalue weighted by molar-refractivity contribution is 9.10. The smallest absolute Gasteiger partial charge is 0.337 e. The molecule has 3 rings (SSSR count). The topological polar surface area (TPSA) is 88.4 Å². The van der Waals surface area contributed by atoms with Crippen molar-refractivity contribution in [1.29, 1.82) is 0 Å². The highest BCUT2D eigenvalue weighted by atomic mass is 79.9. The Morgan fingerprint density at radius 2 is 2.10 bits per heavy atom. The maximum Gasteiger partial charge on any atom is 0.337 e. The van der Waals surface area contributed by atoms with Crippen LogP contribution in [-0.4, -0.2) is 36.4 Å². The second-order valence-corrected chi connectivity index (χ2v) is 7.73. The van der Waals surface area contributed by atoms with Crippen LogP contribution >= 0.6 is 27.5 Å². The van der Waals surface area contributed by atoms with Crippen LogP contribution in [-0.2, 0) is 4.79 Å². The second-order valence-electron chi connectivity index (χ2n) is 6.46. The summed E-state index contributed by atoms with van der Waals surface area (Å²) in [6.07, 6.45) is 3.31. The molecule has 9 heteroatoms. The summed E-state index contributed by atoms with van der Waals surface area (Å²) in [6.45, 7) is 5.64. The molecule has 0 aliphatic carbocycles. The Balaban J connectivity index is 1.97. The SMILES string of the molecule is C=CCOc1c(Br)cc(/C=C2\C(=O)N(c3ccc(Cl)c(C(=O)O)c3)N=C2C)cc1OC. The number of amides is 1. The first kappa shape index (κ1) is 22.6. The van der Waals surface area contributed by atoms with Gasteiger partial charge in [0.1, 0.15) is 6.61 Å². The zero-order valence-electron chi connectivity index (χ0n) is 16.7. The number of carboxylic acids is 1. The highest BCUT2D eigenvalue weighted by Gasteiger charge is 2.29. The van der Waals surface area contributed by atoms with E-state index in [9.17, 15) is 14.7 Å². The molecule has 0 saturated heterocycles. The molecule has 160 valence electrons. The van der Waals surface area contributed by atoms with Gasteiger partial charge in [0.05, 0.1) is 39.1 Å². The first-order valence-electron chi connectivity index (χ1n) is 9.02. The fourth-order valence-electron chi connectivity index (χ4n) is 2.94. The van der Waals surface area contributed by atoms with Crippen LogP contribution in [0, 0.1) is 0 Å². The van der Waals surface area contributed by atoms with Crippen molar-refractivity contribution in [2.24, 2.45) is 5.10 Å². The Morgan fingerprint density at radius 1 is 1.35 bits per heavy atom. The number of anilines is 1. The zero-order chi connectivity index (χ0) is 22.7. The molecule has 0 atom stereocenters. The predicted octanol–water partition coefficient (Wildman–Crippen LogP) is 5.18. The lowest BCUT2D eigenvalue weighted by Gasteiger charge is -2.14. The van der Waals surface area contributed by atoms with Crippen molar-refractivity contribution in [3.63, 3.8) is 0 Å². The molecule has 31 heavy (non-hydrogen) atoms. The number of hydrogen-bond donors (Lipinski definition) is 1. The predicted molar refractivity (Wildman–Crippen MR) is 123 cm³/mol. The van der Waals surface area contributed by atoms with Crippen molar-refractivity contribution in [2.75, 3.05) is 18.7 Å². The van der Waals surface area contributed by atoms with E-state index < -0.39 is 11.9 Å². The third-order valence-corrected chi connectivity index (χ3v) is 5.31. The fourth-order valence-corrected chi connectivity index (χ4v) is 3.71. The third-order valence-electron chi connectivity index (χ3n) is 4.40. The van der Waals surface area contributed by atoms with E-state index in [1.54, 1.807) is 31.2 Å². The lowest BCUT2D eigenvalue weighted by atomic mass is 10.1. The monoisotopic (exact) mass is 504 g/mol. The molecule has 7 nitrogen and oxygen atoms in total. The van der Waals surface area contributed by atoms with E-state index in [0.717, 1.165) is 5.01 Å². The number of carbonyl (C=O) groups is 2. The minimum atomic E-state index is -1.19. The Labute approximate surface area is 192 Å². The van der Waals surface area contributed by atoms with Crippen LogP contribution in [0.1, 0.15) is 22.8 Å². The Kier molecular flexibility index (Phi) is 6.82. The van der Waals surface area contributed by atoms with Crippen LogP contribution in [0.4, 0.5) is 5.69 Å². The molecule has 0 bridgehead atoms. The molecule has 0 fully saturated rings. The average Bonchev–Trinajstić information content (AvgIpc) is 3.01. The van der Waals surface area contributed by atoms with E-state index in [-0.39, 0.29) is 10.6 Å². The van der Waals surface area contributed by atoms with Gasteiger partial charge in [0.2, 0.25) is 0 Å². The van der Waals surface area contributed by atoms with E-state index in [4.69, 9.17) is 21.1 Å². The van der Waals surface area contributed by atoms with Crippen molar-refractivity contribution >= 4 is 56.9 Å². The third kappa shape index (κ3) is 4.65. The molecule has 1 heterocycles. The molecule has 0 radical (unpaired) electrons. The zero-order valence-corrected chi connectivity index (χ0v) is 19.0. The van der Waals surface area contributed by atoms with Crippen LogP contribution < -0.4 is 14.5 Å². The number of benzene rings is 2. The van der Waals surface area contributed by atoms with Gasteiger partial charge in [-0.05, 0) is 64.8 Å². The summed E-state index contributed by atoms with van der Waals surface area (Å²) in [6, 6.07) is 7.81. The van der Waals surface area contributed by atoms with Crippen molar-refractivity contribution in [3.05, 3.63) is 69.2 Å². The molecule has 0 saturated carbocycles. The van der Waals surface area contributed by atoms with E-state index in [1.807, 2.05) is 0 Å². The van der Waals surface area contributed by atoms with Gasteiger partial charge in [-0.2, -0.15) is 10.1 Å². The van der Waals surface area contributed by atoms with Crippen LogP contribution in [0.3, 0.4) is 0 Å². The summed E-state index contributed by atoms with van der Waals surface area (Å²) in [4.78, 5) is 24.4. The summed E-state index contributed by atoms with van der Waals surface area (Å²) in [5, 5.41) is 14.8. The number of aromatic carboxylic acids is 1. The Morgan fingerprint density at radius 3 is 2.74 bits per heavy atom. The number of hydrazone groups is 1. The van der Waals surface area contributed by atoms with Crippen LogP contribution in [0.15, 0.2) is 58.1 Å². The number of carboxylic acid groups (broad SMARTS) is 1. The minimum Gasteiger partial charge on any atom is -0.493 e. The maximum absolute atomic E-state index is 13.0. The van der Waals surface area contributed by atoms with Crippen LogP contribution in [0.2, 0.25) is 5.02 Å². The van der Waals surface area contributed by atoms with Gasteiger partial charge in [0.15, 0.2) is 11.5 Å². The molecule has 2 aromatic carbocycles. The van der Waals surface area contributed by atoms with Gasteiger partial charge in [0, 0.05) is 0 Å². The summed E-state index contributed by atoms with van der Waals surface area (Å²) in [5.41, 5.74) is 1.73. The van der Waals surface area contributed by atoms with Gasteiger partial charge < -0.3 is 14.6 Å². The summed E-state index contributed by atoms with van der Waals surface area (Å²) < 4.78 is 11.7. The molecule has 1 amide bonds. The number of halogens is 2. The fraction of sp³-hybridized carbons (Fsp3) is 0.136. The molecule has 2 aromatic rings. The Bertz CT molecular complexity index is 1140. The quantitative estimate of drug-likeness (QED) is 0.414. The molecule has 0 unspecified atom stereocenters. The molecule has 1 aliphatic rings. The highest BCUT2D eigenvalue weighted by Crippen LogP contribution is 2.38. The van der Waals surface area contributed by atoms with Crippen molar-refractivity contribution in [1.82, 2.24) is 0 Å². The molecule has 0 aromatic heterocycles. The number of ether oxygens (including phenoxy) is 2. The first-order chi connectivity index (χ1) is 14.8. The maximum atomic E-state index is 13.0. The van der Waals surface area contributed by atoms with Crippen LogP contribution in [0.25, 0.3) is 6.08 Å². The number of rotatable bonds is 7. The molecule has 1 N–H and O–H groups in total. The lowest BCUT2D eigenvalue weighted by molar-refractivity contribution is -0.114. The first-order valence-corrected chi connectivity index (χ1v) is 10.2. The van der Waals surface area contributed by atoms with Gasteiger partial charge >= 0.3 is 5.97 Å². The van der Waals surface area contributed by atoms with E-state index >= 15 is 0 Å². The summed E-state index contributed by atoms with van der Waals surface area (Å²) >= 11 is 9.39. The van der Waals surface area contributed by atoms with E-state index in [1.165, 1.54) is 25.3 Å².